The van der Waals surface area contributed by atoms with Gasteiger partial charge in [-0.1, -0.05) is 38.1 Å². The Kier molecular flexibility index (Phi) is 5.42. The normalized spacial score (nSPS) is 23.6. The molecule has 0 N–H and O–H groups in total. The Morgan fingerprint density at radius 2 is 1.96 bits per heavy atom. The van der Waals surface area contributed by atoms with Crippen LogP contribution in [-0.4, -0.2) is 54.0 Å². The van der Waals surface area contributed by atoms with Crippen molar-refractivity contribution in [3.63, 3.8) is 0 Å². The summed E-state index contributed by atoms with van der Waals surface area (Å²) in [4.78, 5) is 29.3. The second-order valence-electron chi connectivity index (χ2n) is 7.46. The maximum Gasteiger partial charge on any atom is 0.328 e. The first-order valence-electron chi connectivity index (χ1n) is 9.19. The van der Waals surface area contributed by atoms with Crippen molar-refractivity contribution in [2.24, 2.45) is 5.92 Å². The molecule has 136 valence electrons. The maximum atomic E-state index is 13.0. The van der Waals surface area contributed by atoms with Crippen LogP contribution < -0.4 is 0 Å². The number of ether oxygens (including phenoxy) is 1. The Labute approximate surface area is 149 Å². The van der Waals surface area contributed by atoms with E-state index in [-0.39, 0.29) is 11.9 Å². The van der Waals surface area contributed by atoms with Gasteiger partial charge in [0.1, 0.15) is 6.04 Å². The molecule has 1 amide bonds. The van der Waals surface area contributed by atoms with Crippen molar-refractivity contribution in [2.45, 2.75) is 51.7 Å². The lowest BCUT2D eigenvalue weighted by Gasteiger charge is -2.37. The van der Waals surface area contributed by atoms with E-state index in [4.69, 9.17) is 4.74 Å². The monoisotopic (exact) mass is 344 g/mol. The molecule has 5 nitrogen and oxygen atoms in total. The predicted octanol–water partition coefficient (Wildman–Crippen LogP) is 2.23. The van der Waals surface area contributed by atoms with E-state index in [1.165, 1.54) is 7.11 Å². The molecule has 5 heteroatoms. The highest BCUT2D eigenvalue weighted by Gasteiger charge is 2.37. The van der Waals surface area contributed by atoms with E-state index in [1.807, 2.05) is 24.3 Å². The Morgan fingerprint density at radius 1 is 1.24 bits per heavy atom. The van der Waals surface area contributed by atoms with Crippen LogP contribution in [-0.2, 0) is 27.3 Å². The molecule has 0 aromatic heterocycles. The van der Waals surface area contributed by atoms with E-state index in [1.54, 1.807) is 4.90 Å². The van der Waals surface area contributed by atoms with Crippen molar-refractivity contribution in [2.75, 3.05) is 20.2 Å². The van der Waals surface area contributed by atoms with Gasteiger partial charge in [-0.2, -0.15) is 0 Å². The maximum absolute atomic E-state index is 13.0. The average Bonchev–Trinajstić information content (AvgIpc) is 3.08. The number of esters is 1. The number of methoxy groups -OCH3 is 1. The quantitative estimate of drug-likeness (QED) is 0.786. The summed E-state index contributed by atoms with van der Waals surface area (Å²) in [5.41, 5.74) is 2.25. The van der Waals surface area contributed by atoms with Crippen molar-refractivity contribution in [1.29, 1.82) is 0 Å². The third kappa shape index (κ3) is 3.71. The molecule has 0 bridgehead atoms. The van der Waals surface area contributed by atoms with Gasteiger partial charge in [0.05, 0.1) is 13.7 Å². The predicted molar refractivity (Wildman–Crippen MR) is 95.9 cm³/mol. The molecule has 1 fully saturated rings. The molecule has 25 heavy (non-hydrogen) atoms. The zero-order valence-electron chi connectivity index (χ0n) is 15.4. The Balaban J connectivity index is 1.78. The number of nitrogens with zero attached hydrogens (tertiary/aromatic N) is 2. The largest absolute Gasteiger partial charge is 0.467 e. The van der Waals surface area contributed by atoms with Crippen molar-refractivity contribution in [3.8, 4) is 0 Å². The van der Waals surface area contributed by atoms with Crippen molar-refractivity contribution < 1.29 is 14.3 Å². The molecule has 0 spiro atoms. The lowest BCUT2D eigenvalue weighted by atomic mass is 9.93. The SMILES string of the molecule is COC(=O)[C@H]1Cc2ccccc2CN1C(=O)CN1CCC[C@H]1C(C)C. The molecular formula is C20H28N2O3. The number of fused-ring (bicyclic) bond motifs is 1. The van der Waals surface area contributed by atoms with Crippen LogP contribution in [0.15, 0.2) is 24.3 Å². The van der Waals surface area contributed by atoms with Crippen LogP contribution in [0.1, 0.15) is 37.8 Å². The minimum atomic E-state index is -0.521. The van der Waals surface area contributed by atoms with Gasteiger partial charge < -0.3 is 9.64 Å². The second-order valence-corrected chi connectivity index (χ2v) is 7.46. The molecule has 0 aliphatic carbocycles. The Bertz CT molecular complexity index is 644. The minimum Gasteiger partial charge on any atom is -0.467 e. The first-order valence-corrected chi connectivity index (χ1v) is 9.19. The number of hydrogen-bond acceptors (Lipinski definition) is 4. The van der Waals surface area contributed by atoms with Gasteiger partial charge in [-0.3, -0.25) is 9.69 Å². The summed E-state index contributed by atoms with van der Waals surface area (Å²) in [7, 11) is 1.39. The second kappa shape index (κ2) is 7.56. The number of carbonyl (C=O) groups excluding carboxylic acids is 2. The lowest BCUT2D eigenvalue weighted by Crippen LogP contribution is -2.52. The molecule has 1 aromatic carbocycles. The molecule has 2 heterocycles. The summed E-state index contributed by atoms with van der Waals surface area (Å²) in [5.74, 6) is 0.232. The third-order valence-electron chi connectivity index (χ3n) is 5.56. The van der Waals surface area contributed by atoms with Gasteiger partial charge in [0.25, 0.3) is 0 Å². The molecule has 2 aliphatic rings. The van der Waals surface area contributed by atoms with Crippen LogP contribution >= 0.6 is 0 Å². The number of benzene rings is 1. The average molecular weight is 344 g/mol. The van der Waals surface area contributed by atoms with Crippen molar-refractivity contribution in [3.05, 3.63) is 35.4 Å². The van der Waals surface area contributed by atoms with E-state index >= 15 is 0 Å². The fraction of sp³-hybridized carbons (Fsp3) is 0.600. The van der Waals surface area contributed by atoms with E-state index in [9.17, 15) is 9.59 Å². The number of hydrogen-bond donors (Lipinski definition) is 0. The highest BCUT2D eigenvalue weighted by atomic mass is 16.5. The van der Waals surface area contributed by atoms with E-state index < -0.39 is 6.04 Å². The van der Waals surface area contributed by atoms with Gasteiger partial charge in [0.15, 0.2) is 0 Å². The van der Waals surface area contributed by atoms with Gasteiger partial charge in [-0.25, -0.2) is 4.79 Å². The van der Waals surface area contributed by atoms with Crippen LogP contribution in [0.2, 0.25) is 0 Å². The fourth-order valence-electron chi connectivity index (χ4n) is 4.20. The Morgan fingerprint density at radius 3 is 2.64 bits per heavy atom. The Hall–Kier alpha value is -1.88. The zero-order valence-corrected chi connectivity index (χ0v) is 15.4. The topological polar surface area (TPSA) is 49.9 Å². The molecule has 2 aliphatic heterocycles. The number of likely N-dealkylation sites (tertiary alicyclic amines) is 1. The number of amides is 1. The van der Waals surface area contributed by atoms with Crippen molar-refractivity contribution in [1.82, 2.24) is 9.80 Å². The standard InChI is InChI=1S/C20H28N2O3/c1-14(2)17-9-6-10-21(17)13-19(23)22-12-16-8-5-4-7-15(16)11-18(22)20(24)25-3/h4-5,7-8,14,17-18H,6,9-13H2,1-3H3/t17-,18+/m0/s1. The summed E-state index contributed by atoms with van der Waals surface area (Å²) in [5, 5.41) is 0. The van der Waals surface area contributed by atoms with E-state index in [0.717, 1.165) is 30.5 Å². The number of carbonyl (C=O) groups is 2. The third-order valence-corrected chi connectivity index (χ3v) is 5.56. The highest BCUT2D eigenvalue weighted by Crippen LogP contribution is 2.27. The summed E-state index contributed by atoms with van der Waals surface area (Å²) in [6.45, 7) is 6.25. The summed E-state index contributed by atoms with van der Waals surface area (Å²) < 4.78 is 4.97. The molecule has 3 rings (SSSR count). The lowest BCUT2D eigenvalue weighted by molar-refractivity contribution is -0.154. The molecular weight excluding hydrogens is 316 g/mol. The summed E-state index contributed by atoms with van der Waals surface area (Å²) in [6, 6.07) is 7.96. The zero-order chi connectivity index (χ0) is 18.0. The molecule has 2 atom stereocenters. The first kappa shape index (κ1) is 17.9. The van der Waals surface area contributed by atoms with Gasteiger partial charge in [-0.15, -0.1) is 0 Å². The van der Waals surface area contributed by atoms with Crippen LogP contribution in [0.25, 0.3) is 0 Å². The van der Waals surface area contributed by atoms with Crippen LogP contribution in [0, 0.1) is 5.92 Å². The van der Waals surface area contributed by atoms with Crippen LogP contribution in [0.3, 0.4) is 0 Å². The summed E-state index contributed by atoms with van der Waals surface area (Å²) >= 11 is 0. The minimum absolute atomic E-state index is 0.0254. The van der Waals surface area contributed by atoms with Crippen molar-refractivity contribution >= 4 is 11.9 Å². The van der Waals surface area contributed by atoms with Gasteiger partial charge in [0.2, 0.25) is 5.91 Å². The van der Waals surface area contributed by atoms with Gasteiger partial charge in [0, 0.05) is 19.0 Å². The van der Waals surface area contributed by atoms with Crippen LogP contribution in [0.4, 0.5) is 0 Å². The van der Waals surface area contributed by atoms with Gasteiger partial charge >= 0.3 is 5.97 Å². The molecule has 0 unspecified atom stereocenters. The number of rotatable bonds is 4. The first-order chi connectivity index (χ1) is 12.0. The van der Waals surface area contributed by atoms with Gasteiger partial charge in [-0.05, 0) is 36.4 Å². The van der Waals surface area contributed by atoms with E-state index in [0.29, 0.717) is 31.5 Å². The molecule has 0 saturated carbocycles. The smallest absolute Gasteiger partial charge is 0.328 e. The summed E-state index contributed by atoms with van der Waals surface area (Å²) in [6.07, 6.45) is 2.82. The molecule has 1 saturated heterocycles. The van der Waals surface area contributed by atoms with E-state index in [2.05, 4.69) is 18.7 Å². The molecule has 1 aromatic rings. The highest BCUT2D eigenvalue weighted by molar-refractivity contribution is 5.86. The fourth-order valence-corrected chi connectivity index (χ4v) is 4.20. The molecule has 0 radical (unpaired) electrons. The van der Waals surface area contributed by atoms with Crippen LogP contribution in [0.5, 0.6) is 0 Å².